The number of nitrogens with two attached hydrogens (primary N) is 2. The van der Waals surface area contributed by atoms with Crippen molar-refractivity contribution in [3.63, 3.8) is 0 Å². The van der Waals surface area contributed by atoms with E-state index in [9.17, 15) is 19.2 Å². The van der Waals surface area contributed by atoms with E-state index in [1.165, 1.54) is 22.7 Å². The van der Waals surface area contributed by atoms with Crippen molar-refractivity contribution in [1.29, 1.82) is 0 Å². The molecule has 13 nitrogen and oxygen atoms in total. The number of para-hydroxylation sites is 1. The summed E-state index contributed by atoms with van der Waals surface area (Å²) in [6, 6.07) is 15.8. The smallest absolute Gasteiger partial charge is 0.247 e. The SMILES string of the molecule is CN1C(=O)C(CCCCN)NC(=O)C(CCCN)NCc2cccnc2Sc2c(Cl)ccc(-c3ccc(=O)[nH]c3)c2CNC(=O)[C@@H]1Cc1c[nH]c2ccccc12. The van der Waals surface area contributed by atoms with E-state index in [0.717, 1.165) is 33.2 Å². The molecule has 3 atom stereocenters. The molecule has 3 aromatic heterocycles. The molecule has 0 radical (unpaired) electrons. The molecule has 15 heteroatoms. The molecule has 1 aliphatic heterocycles. The molecule has 294 valence electrons. The molecular weight excluding hydrogens is 750 g/mol. The molecule has 0 aliphatic carbocycles. The minimum absolute atomic E-state index is 0.0425. The van der Waals surface area contributed by atoms with Crippen LogP contribution in [0, 0.1) is 0 Å². The predicted molar refractivity (Wildman–Crippen MR) is 220 cm³/mol. The van der Waals surface area contributed by atoms with E-state index in [4.69, 9.17) is 28.1 Å². The molecule has 6 rings (SSSR count). The van der Waals surface area contributed by atoms with Crippen LogP contribution in [0.3, 0.4) is 0 Å². The Kier molecular flexibility index (Phi) is 14.0. The van der Waals surface area contributed by atoms with Gasteiger partial charge >= 0.3 is 0 Å². The molecule has 3 amide bonds. The molecule has 5 aromatic rings. The number of unbranched alkanes of at least 4 members (excludes halogenated alkanes) is 1. The van der Waals surface area contributed by atoms with E-state index in [1.807, 2.05) is 48.7 Å². The molecule has 0 fully saturated rings. The van der Waals surface area contributed by atoms with Gasteiger partial charge in [-0.15, -0.1) is 0 Å². The number of H-pyrrole nitrogens is 2. The molecule has 0 bridgehead atoms. The monoisotopic (exact) mass is 797 g/mol. The van der Waals surface area contributed by atoms with Crippen molar-refractivity contribution in [2.24, 2.45) is 11.5 Å². The molecule has 2 aromatic carbocycles. The maximum Gasteiger partial charge on any atom is 0.247 e. The van der Waals surface area contributed by atoms with Crippen molar-refractivity contribution in [1.82, 2.24) is 35.8 Å². The summed E-state index contributed by atoms with van der Waals surface area (Å²) in [6.45, 7) is 1.16. The van der Waals surface area contributed by atoms with Crippen LogP contribution in [0.4, 0.5) is 0 Å². The van der Waals surface area contributed by atoms with Crippen LogP contribution in [-0.2, 0) is 33.9 Å². The van der Waals surface area contributed by atoms with E-state index < -0.39 is 24.0 Å². The van der Waals surface area contributed by atoms with Crippen LogP contribution in [0.2, 0.25) is 5.02 Å². The van der Waals surface area contributed by atoms with Crippen LogP contribution in [0.25, 0.3) is 22.0 Å². The number of aromatic nitrogens is 3. The number of carbonyl (C=O) groups excluding carboxylic acids is 3. The Balaban J connectivity index is 1.47. The molecule has 56 heavy (non-hydrogen) atoms. The number of fused-ring (bicyclic) bond motifs is 3. The summed E-state index contributed by atoms with van der Waals surface area (Å²) >= 11 is 8.33. The maximum atomic E-state index is 14.6. The zero-order valence-electron chi connectivity index (χ0n) is 31.3. The van der Waals surface area contributed by atoms with Crippen LogP contribution in [0.5, 0.6) is 0 Å². The topological polar surface area (TPSA) is 204 Å². The zero-order valence-corrected chi connectivity index (χ0v) is 32.8. The highest BCUT2D eigenvalue weighted by molar-refractivity contribution is 7.99. The van der Waals surface area contributed by atoms with E-state index in [1.54, 1.807) is 31.6 Å². The van der Waals surface area contributed by atoms with Gasteiger partial charge in [0.15, 0.2) is 0 Å². The number of carbonyl (C=O) groups is 3. The predicted octanol–water partition coefficient (Wildman–Crippen LogP) is 4.23. The number of halogens is 1. The Morgan fingerprint density at radius 1 is 0.857 bits per heavy atom. The quantitative estimate of drug-likeness (QED) is 0.101. The number of nitrogens with zero attached hydrogens (tertiary/aromatic N) is 2. The molecule has 4 heterocycles. The van der Waals surface area contributed by atoms with Gasteiger partial charge in [-0.25, -0.2) is 4.98 Å². The Morgan fingerprint density at radius 3 is 2.45 bits per heavy atom. The van der Waals surface area contributed by atoms with Gasteiger partial charge < -0.3 is 42.3 Å². The largest absolute Gasteiger partial charge is 0.361 e. The van der Waals surface area contributed by atoms with Crippen LogP contribution < -0.4 is 33.0 Å². The summed E-state index contributed by atoms with van der Waals surface area (Å²) in [6.07, 6.45) is 8.00. The molecule has 1 aliphatic rings. The van der Waals surface area contributed by atoms with E-state index in [2.05, 4.69) is 25.9 Å². The van der Waals surface area contributed by atoms with Gasteiger partial charge in [0.1, 0.15) is 17.1 Å². The van der Waals surface area contributed by atoms with E-state index in [-0.39, 0.29) is 30.3 Å². The first kappa shape index (κ1) is 40.7. The fourth-order valence-electron chi connectivity index (χ4n) is 6.99. The number of benzene rings is 2. The average molecular weight is 798 g/mol. The number of likely N-dealkylation sites (N-methyl/N-ethyl adjacent to an activating group) is 1. The van der Waals surface area contributed by atoms with Gasteiger partial charge in [-0.05, 0) is 97.3 Å². The normalized spacial score (nSPS) is 18.5. The number of aromatic amines is 2. The van der Waals surface area contributed by atoms with Crippen molar-refractivity contribution >= 4 is 52.0 Å². The second kappa shape index (κ2) is 19.2. The zero-order chi connectivity index (χ0) is 39.6. The highest BCUT2D eigenvalue weighted by atomic mass is 35.5. The lowest BCUT2D eigenvalue weighted by atomic mass is 9.99. The fourth-order valence-corrected chi connectivity index (χ4v) is 8.33. The third-order valence-corrected chi connectivity index (χ3v) is 11.8. The molecule has 2 unspecified atom stereocenters. The van der Waals surface area contributed by atoms with Gasteiger partial charge in [0.25, 0.3) is 0 Å². The van der Waals surface area contributed by atoms with Crippen molar-refractivity contribution in [2.75, 3.05) is 20.1 Å². The first-order valence-electron chi connectivity index (χ1n) is 18.8. The maximum absolute atomic E-state index is 14.6. The van der Waals surface area contributed by atoms with Crippen molar-refractivity contribution in [3.05, 3.63) is 111 Å². The lowest BCUT2D eigenvalue weighted by Crippen LogP contribution is -2.57. The molecule has 0 spiro atoms. The molecule has 0 saturated heterocycles. The number of pyridine rings is 2. The number of hydrogen-bond donors (Lipinski definition) is 7. The van der Waals surface area contributed by atoms with Gasteiger partial charge in [0.2, 0.25) is 23.3 Å². The van der Waals surface area contributed by atoms with Crippen molar-refractivity contribution < 1.29 is 14.4 Å². The Hall–Kier alpha value is -4.99. The summed E-state index contributed by atoms with van der Waals surface area (Å²) in [5.41, 5.74) is 16.2. The highest BCUT2D eigenvalue weighted by Crippen LogP contribution is 2.41. The van der Waals surface area contributed by atoms with Crippen LogP contribution in [-0.4, -0.2) is 75.8 Å². The van der Waals surface area contributed by atoms with Gasteiger partial charge in [0.05, 0.1) is 11.1 Å². The highest BCUT2D eigenvalue weighted by Gasteiger charge is 2.34. The first-order valence-corrected chi connectivity index (χ1v) is 20.0. The van der Waals surface area contributed by atoms with Crippen molar-refractivity contribution in [2.45, 2.75) is 79.7 Å². The van der Waals surface area contributed by atoms with E-state index in [0.29, 0.717) is 72.2 Å². The van der Waals surface area contributed by atoms with Crippen LogP contribution in [0.1, 0.15) is 48.8 Å². The summed E-state index contributed by atoms with van der Waals surface area (Å²) in [5.74, 6) is -1.12. The van der Waals surface area contributed by atoms with E-state index >= 15 is 0 Å². The summed E-state index contributed by atoms with van der Waals surface area (Å²) in [5, 5.41) is 11.6. The minimum atomic E-state index is -0.966. The Morgan fingerprint density at radius 2 is 1.66 bits per heavy atom. The summed E-state index contributed by atoms with van der Waals surface area (Å²) < 4.78 is 0. The lowest BCUT2D eigenvalue weighted by molar-refractivity contribution is -0.142. The third kappa shape index (κ3) is 9.68. The fraction of sp³-hybridized carbons (Fsp3) is 0.341. The second-order valence-corrected chi connectivity index (χ2v) is 15.3. The second-order valence-electron chi connectivity index (χ2n) is 13.9. The third-order valence-electron chi connectivity index (χ3n) is 10.1. The summed E-state index contributed by atoms with van der Waals surface area (Å²) in [7, 11) is 1.61. The number of amides is 3. The number of nitrogens with one attached hydrogen (secondary N) is 5. The van der Waals surface area contributed by atoms with Gasteiger partial charge in [-0.1, -0.05) is 53.7 Å². The van der Waals surface area contributed by atoms with Gasteiger partial charge in [0, 0.05) is 67.0 Å². The van der Waals surface area contributed by atoms with Gasteiger partial charge in [-0.3, -0.25) is 19.2 Å². The lowest BCUT2D eigenvalue weighted by Gasteiger charge is -2.32. The van der Waals surface area contributed by atoms with Crippen LogP contribution >= 0.6 is 23.4 Å². The molecule has 0 saturated carbocycles. The number of hydrogen-bond acceptors (Lipinski definition) is 9. The molecular formula is C41H48ClN9O4S. The van der Waals surface area contributed by atoms with Crippen LogP contribution in [0.15, 0.2) is 94.0 Å². The summed E-state index contributed by atoms with van der Waals surface area (Å²) in [4.78, 5) is 68.2. The molecule has 9 N–H and O–H groups in total. The number of rotatable bonds is 10. The van der Waals surface area contributed by atoms with Crippen molar-refractivity contribution in [3.8, 4) is 11.1 Å². The average Bonchev–Trinajstić information content (AvgIpc) is 3.62. The van der Waals surface area contributed by atoms with Gasteiger partial charge in [-0.2, -0.15) is 0 Å². The standard InChI is InChI=1S/C41H48ClN9O4S/c1-51-35(20-27-23-46-32-10-3-2-9-29(27)32)39(54)49-24-30-28(25-13-16-36(52)48-21-25)14-15-31(42)37(30)56-40-26(8-7-19-45-40)22-47-33(12-6-18-44)38(53)50-34(41(51)55)11-4-5-17-43/h2-3,7-10,13-16,19,21,23,33-35,46-47H,4-6,11-12,17-18,20,22,24,43-44H2,1H3,(H,48,52)(H,49,54)(H,50,53)/t33?,34?,35-/m0/s1. The first-order chi connectivity index (χ1) is 27.2. The Labute approximate surface area is 334 Å². The Bertz CT molecular complexity index is 2210. The minimum Gasteiger partial charge on any atom is -0.361 e.